The normalized spacial score (nSPS) is 9.94. The monoisotopic (exact) mass is 269 g/mol. The third-order valence-electron chi connectivity index (χ3n) is 2.18. The van der Waals surface area contributed by atoms with E-state index in [1.807, 2.05) is 6.92 Å². The Hall–Kier alpha value is -0.490. The summed E-state index contributed by atoms with van der Waals surface area (Å²) in [5.41, 5.74) is 4.78. The lowest BCUT2D eigenvalue weighted by molar-refractivity contribution is -0.116. The fourth-order valence-electron chi connectivity index (χ4n) is 0.644. The van der Waals surface area contributed by atoms with Crippen LogP contribution in [0.1, 0.15) is 54.8 Å². The molecule has 0 aromatic heterocycles. The second kappa shape index (κ2) is 25.4. The van der Waals surface area contributed by atoms with Gasteiger partial charge in [-0.25, -0.2) is 0 Å². The maximum atomic E-state index is 9.81. The molecule has 5 nitrogen and oxygen atoms in total. The molecule has 0 aromatic carbocycles. The second-order valence-electron chi connectivity index (χ2n) is 3.95. The molecule has 116 valence electrons. The molecule has 18 heavy (non-hydrogen) atoms. The Labute approximate surface area is 113 Å². The van der Waals surface area contributed by atoms with E-state index in [1.54, 1.807) is 6.92 Å². The van der Waals surface area contributed by atoms with Crippen molar-refractivity contribution in [3.8, 4) is 0 Å². The molecule has 1 atom stereocenters. The smallest absolute Gasteiger partial charge is 0.129 e. The third-order valence-corrected chi connectivity index (χ3v) is 2.18. The van der Waals surface area contributed by atoms with Crippen LogP contribution in [0.3, 0.4) is 0 Å². The highest BCUT2D eigenvalue weighted by molar-refractivity contribution is 5.74. The lowest BCUT2D eigenvalue weighted by Crippen LogP contribution is -2.02. The summed E-state index contributed by atoms with van der Waals surface area (Å²) in [5.74, 6) is 1.05. The molecule has 0 saturated carbocycles. The lowest BCUT2D eigenvalue weighted by Gasteiger charge is -2.04. The van der Waals surface area contributed by atoms with Crippen LogP contribution in [0.25, 0.3) is 0 Å². The minimum atomic E-state index is 0. The molecule has 0 aliphatic heterocycles. The summed E-state index contributed by atoms with van der Waals surface area (Å²) < 4.78 is 0. The van der Waals surface area contributed by atoms with E-state index in [4.69, 9.17) is 15.9 Å². The van der Waals surface area contributed by atoms with Gasteiger partial charge in [0, 0.05) is 21.0 Å². The van der Waals surface area contributed by atoms with Crippen LogP contribution in [0, 0.1) is 5.92 Å². The predicted octanol–water partition coefficient (Wildman–Crippen LogP) is 1.15. The number of carbonyl (C=O) groups is 1. The van der Waals surface area contributed by atoms with Crippen molar-refractivity contribution in [1.82, 2.24) is 0 Å². The fraction of sp³-hybridized carbons (Fsp3) is 0.923. The van der Waals surface area contributed by atoms with Crippen LogP contribution in [-0.2, 0) is 4.79 Å². The van der Waals surface area contributed by atoms with Gasteiger partial charge in [-0.3, -0.25) is 0 Å². The molecule has 6 N–H and O–H groups in total. The third kappa shape index (κ3) is 45.1. The van der Waals surface area contributed by atoms with Crippen molar-refractivity contribution < 1.29 is 21.9 Å². The molecule has 0 spiro atoms. The molecule has 5 heteroatoms. The molecule has 1 unspecified atom stereocenters. The van der Waals surface area contributed by atoms with E-state index in [0.29, 0.717) is 19.6 Å². The van der Waals surface area contributed by atoms with Crippen molar-refractivity contribution in [2.45, 2.75) is 53.4 Å². The van der Waals surface area contributed by atoms with Crippen LogP contribution in [0.4, 0.5) is 0 Å². The Morgan fingerprint density at radius 2 is 1.67 bits per heavy atom. The molecule has 0 aliphatic rings. The molecular weight excluding hydrogens is 234 g/mol. The average Bonchev–Trinajstić information content (AvgIpc) is 2.36. The Balaban J connectivity index is -0.0000000524. The quantitative estimate of drug-likeness (QED) is 0.670. The number of ketones is 1. The first-order valence-electron chi connectivity index (χ1n) is 6.41. The van der Waals surface area contributed by atoms with Crippen LogP contribution in [0.2, 0.25) is 0 Å². The van der Waals surface area contributed by atoms with Crippen molar-refractivity contribution >= 4 is 5.78 Å². The van der Waals surface area contributed by atoms with Crippen LogP contribution in [0.5, 0.6) is 0 Å². The van der Waals surface area contributed by atoms with Crippen molar-refractivity contribution in [2.75, 3.05) is 19.8 Å². The first kappa shape index (κ1) is 26.1. The zero-order valence-electron chi connectivity index (χ0n) is 12.4. The number of Topliss-reactive ketones (excluding diaryl/α,β-unsaturated/α-hetero) is 1. The summed E-state index contributed by atoms with van der Waals surface area (Å²) in [4.78, 5) is 9.81. The van der Waals surface area contributed by atoms with Gasteiger partial charge in [-0.2, -0.15) is 0 Å². The Bertz CT molecular complexity index is 147. The van der Waals surface area contributed by atoms with E-state index in [0.717, 1.165) is 12.3 Å². The Morgan fingerprint density at radius 3 is 1.83 bits per heavy atom. The van der Waals surface area contributed by atoms with Gasteiger partial charge in [-0.1, -0.05) is 27.2 Å². The van der Waals surface area contributed by atoms with Gasteiger partial charge in [0.05, 0.1) is 6.61 Å². The molecule has 0 aliphatic carbocycles. The molecule has 0 heterocycles. The number of rotatable bonds is 6. The maximum absolute atomic E-state index is 9.81. The SMILES string of the molecule is CCC(C)=O.CCC(C)CCCO.NCCO.O.[HH]. The molecule has 0 rings (SSSR count). The highest BCUT2D eigenvalue weighted by atomic mass is 16.3. The second-order valence-corrected chi connectivity index (χ2v) is 3.95. The maximum Gasteiger partial charge on any atom is 0.129 e. The molecule has 0 fully saturated rings. The van der Waals surface area contributed by atoms with Crippen molar-refractivity contribution in [1.29, 1.82) is 0 Å². The van der Waals surface area contributed by atoms with E-state index in [1.165, 1.54) is 12.8 Å². The molecule has 0 amide bonds. The number of nitrogens with two attached hydrogens (primary N) is 1. The lowest BCUT2D eigenvalue weighted by atomic mass is 10.0. The van der Waals surface area contributed by atoms with E-state index >= 15 is 0 Å². The van der Waals surface area contributed by atoms with Crippen LogP contribution in [-0.4, -0.2) is 41.2 Å². The summed E-state index contributed by atoms with van der Waals surface area (Å²) in [6.07, 6.45) is 4.04. The number of aliphatic hydroxyl groups excluding tert-OH is 2. The van der Waals surface area contributed by atoms with Crippen LogP contribution >= 0.6 is 0 Å². The van der Waals surface area contributed by atoms with Crippen molar-refractivity contribution in [2.24, 2.45) is 11.7 Å². The highest BCUT2D eigenvalue weighted by Crippen LogP contribution is 2.07. The number of carbonyl (C=O) groups excluding carboxylic acids is 1. The van der Waals surface area contributed by atoms with E-state index in [2.05, 4.69) is 13.8 Å². The van der Waals surface area contributed by atoms with Crippen LogP contribution < -0.4 is 5.73 Å². The zero-order valence-corrected chi connectivity index (χ0v) is 12.4. The van der Waals surface area contributed by atoms with Gasteiger partial charge >= 0.3 is 0 Å². The first-order chi connectivity index (χ1) is 7.99. The number of hydrogen-bond donors (Lipinski definition) is 3. The van der Waals surface area contributed by atoms with Crippen LogP contribution in [0.15, 0.2) is 0 Å². The molecule has 0 saturated heterocycles. The van der Waals surface area contributed by atoms with Gasteiger partial charge in [0.25, 0.3) is 0 Å². The Kier molecular flexibility index (Phi) is 36.9. The first-order valence-corrected chi connectivity index (χ1v) is 6.41. The summed E-state index contributed by atoms with van der Waals surface area (Å²) in [7, 11) is 0. The standard InChI is InChI=1S/C7H16O.C4H8O.C2H7NO.H2O.H2/c1-3-7(2)5-4-6-8;1-3-4(2)5;3-1-2-4;;/h7-8H,3-6H2,1-2H3;3H2,1-2H3;4H,1-3H2;1H2;1H. The summed E-state index contributed by atoms with van der Waals surface area (Å²) in [5, 5.41) is 16.2. The number of aliphatic hydroxyl groups is 2. The minimum Gasteiger partial charge on any atom is -0.412 e. The van der Waals surface area contributed by atoms with Gasteiger partial charge in [-0.05, 0) is 25.7 Å². The van der Waals surface area contributed by atoms with Gasteiger partial charge in [0.2, 0.25) is 0 Å². The van der Waals surface area contributed by atoms with Crippen molar-refractivity contribution in [3.63, 3.8) is 0 Å². The van der Waals surface area contributed by atoms with Gasteiger partial charge in [0.1, 0.15) is 5.78 Å². The van der Waals surface area contributed by atoms with Gasteiger partial charge in [0.15, 0.2) is 0 Å². The average molecular weight is 269 g/mol. The van der Waals surface area contributed by atoms with Gasteiger partial charge < -0.3 is 26.2 Å². The van der Waals surface area contributed by atoms with Gasteiger partial charge in [-0.15, -0.1) is 0 Å². The molecular formula is C13H35NO4. The minimum absolute atomic E-state index is 0. The summed E-state index contributed by atoms with van der Waals surface area (Å²) in [6.45, 7) is 8.66. The predicted molar refractivity (Wildman–Crippen MR) is 78.6 cm³/mol. The highest BCUT2D eigenvalue weighted by Gasteiger charge is 1.95. The molecule has 0 aromatic rings. The zero-order chi connectivity index (χ0) is 14.1. The largest absolute Gasteiger partial charge is 0.412 e. The van der Waals surface area contributed by atoms with Crippen molar-refractivity contribution in [3.05, 3.63) is 0 Å². The topological polar surface area (TPSA) is 115 Å². The van der Waals surface area contributed by atoms with E-state index in [9.17, 15) is 4.79 Å². The Morgan fingerprint density at radius 1 is 1.28 bits per heavy atom. The van der Waals surface area contributed by atoms with E-state index < -0.39 is 0 Å². The van der Waals surface area contributed by atoms with E-state index in [-0.39, 0.29) is 19.3 Å². The number of hydrogen-bond acceptors (Lipinski definition) is 4. The fourth-order valence-corrected chi connectivity index (χ4v) is 0.644. The summed E-state index contributed by atoms with van der Waals surface area (Å²) in [6, 6.07) is 0. The molecule has 0 bridgehead atoms. The summed E-state index contributed by atoms with van der Waals surface area (Å²) >= 11 is 0. The molecule has 0 radical (unpaired) electrons.